The SMILES string of the molecule is Cc1cc(I)c(C(=O)OCc2ccccc2)c(OCc2ccccc2)c1. The number of benzene rings is 3. The molecule has 0 bridgehead atoms. The van der Waals surface area contributed by atoms with Gasteiger partial charge in [-0.25, -0.2) is 4.79 Å². The molecule has 0 heterocycles. The highest BCUT2D eigenvalue weighted by Gasteiger charge is 2.19. The predicted octanol–water partition coefficient (Wildman–Crippen LogP) is 5.54. The Morgan fingerprint density at radius 1 is 0.885 bits per heavy atom. The van der Waals surface area contributed by atoms with Gasteiger partial charge in [-0.05, 0) is 58.3 Å². The van der Waals surface area contributed by atoms with Crippen molar-refractivity contribution in [2.75, 3.05) is 0 Å². The van der Waals surface area contributed by atoms with Crippen LogP contribution in [0.15, 0.2) is 72.8 Å². The Hall–Kier alpha value is -2.34. The van der Waals surface area contributed by atoms with Gasteiger partial charge in [0.15, 0.2) is 0 Å². The van der Waals surface area contributed by atoms with Gasteiger partial charge in [0, 0.05) is 3.57 Å². The number of esters is 1. The highest BCUT2D eigenvalue weighted by molar-refractivity contribution is 14.1. The lowest BCUT2D eigenvalue weighted by molar-refractivity contribution is 0.0466. The smallest absolute Gasteiger partial charge is 0.343 e. The number of hydrogen-bond donors (Lipinski definition) is 0. The van der Waals surface area contributed by atoms with Gasteiger partial charge in [-0.15, -0.1) is 0 Å². The van der Waals surface area contributed by atoms with E-state index in [9.17, 15) is 4.79 Å². The third-order valence-electron chi connectivity index (χ3n) is 3.85. The van der Waals surface area contributed by atoms with E-state index in [1.54, 1.807) is 0 Å². The predicted molar refractivity (Wildman–Crippen MR) is 110 cm³/mol. The van der Waals surface area contributed by atoms with E-state index >= 15 is 0 Å². The van der Waals surface area contributed by atoms with Crippen LogP contribution in [0.25, 0.3) is 0 Å². The number of ether oxygens (including phenoxy) is 2. The summed E-state index contributed by atoms with van der Waals surface area (Å²) in [4.78, 5) is 12.7. The summed E-state index contributed by atoms with van der Waals surface area (Å²) in [6, 6.07) is 23.4. The Balaban J connectivity index is 1.77. The minimum absolute atomic E-state index is 0.238. The molecule has 0 saturated carbocycles. The van der Waals surface area contributed by atoms with Crippen LogP contribution in [0.2, 0.25) is 0 Å². The standard InChI is InChI=1S/C22H19IO3/c1-16-12-19(23)21(22(24)26-15-18-10-6-3-7-11-18)20(13-16)25-14-17-8-4-2-5-9-17/h2-13H,14-15H2,1H3. The summed E-state index contributed by atoms with van der Waals surface area (Å²) >= 11 is 2.15. The third-order valence-corrected chi connectivity index (χ3v) is 4.70. The van der Waals surface area contributed by atoms with E-state index in [2.05, 4.69) is 22.6 Å². The summed E-state index contributed by atoms with van der Waals surface area (Å²) in [7, 11) is 0. The van der Waals surface area contributed by atoms with Crippen molar-refractivity contribution in [3.63, 3.8) is 0 Å². The number of rotatable bonds is 6. The fraction of sp³-hybridized carbons (Fsp3) is 0.136. The van der Waals surface area contributed by atoms with E-state index in [1.807, 2.05) is 79.7 Å². The molecule has 0 amide bonds. The van der Waals surface area contributed by atoms with Crippen molar-refractivity contribution >= 4 is 28.6 Å². The minimum atomic E-state index is -0.374. The van der Waals surface area contributed by atoms with Crippen LogP contribution in [0.3, 0.4) is 0 Å². The fourth-order valence-electron chi connectivity index (χ4n) is 2.55. The molecule has 0 N–H and O–H groups in total. The van der Waals surface area contributed by atoms with E-state index in [-0.39, 0.29) is 12.6 Å². The van der Waals surface area contributed by atoms with E-state index in [0.717, 1.165) is 20.3 Å². The van der Waals surface area contributed by atoms with Crippen LogP contribution in [-0.2, 0) is 18.0 Å². The van der Waals surface area contributed by atoms with Crippen molar-refractivity contribution in [2.45, 2.75) is 20.1 Å². The second kappa shape index (κ2) is 8.85. The molecule has 3 aromatic carbocycles. The zero-order chi connectivity index (χ0) is 18.4. The quantitative estimate of drug-likeness (QED) is 0.360. The highest BCUT2D eigenvalue weighted by atomic mass is 127. The van der Waals surface area contributed by atoms with Crippen molar-refractivity contribution in [3.05, 3.63) is 98.6 Å². The van der Waals surface area contributed by atoms with Crippen molar-refractivity contribution in [1.82, 2.24) is 0 Å². The molecule has 0 aliphatic heterocycles. The Labute approximate surface area is 167 Å². The summed E-state index contributed by atoms with van der Waals surface area (Å²) < 4.78 is 12.3. The minimum Gasteiger partial charge on any atom is -0.488 e. The summed E-state index contributed by atoms with van der Waals surface area (Å²) in [5.41, 5.74) is 3.52. The largest absolute Gasteiger partial charge is 0.488 e. The zero-order valence-electron chi connectivity index (χ0n) is 14.4. The van der Waals surface area contributed by atoms with Crippen LogP contribution in [0, 0.1) is 10.5 Å². The van der Waals surface area contributed by atoms with Gasteiger partial charge in [0.2, 0.25) is 0 Å². The lowest BCUT2D eigenvalue weighted by atomic mass is 10.1. The van der Waals surface area contributed by atoms with Crippen molar-refractivity contribution in [3.8, 4) is 5.75 Å². The van der Waals surface area contributed by atoms with E-state index in [0.29, 0.717) is 17.9 Å². The lowest BCUT2D eigenvalue weighted by Gasteiger charge is -2.14. The average Bonchev–Trinajstić information content (AvgIpc) is 2.66. The van der Waals surface area contributed by atoms with E-state index < -0.39 is 0 Å². The number of carbonyl (C=O) groups is 1. The maximum atomic E-state index is 12.7. The van der Waals surface area contributed by atoms with Gasteiger partial charge in [0.25, 0.3) is 0 Å². The van der Waals surface area contributed by atoms with Gasteiger partial charge in [-0.3, -0.25) is 0 Å². The van der Waals surface area contributed by atoms with Crippen LogP contribution in [0.5, 0.6) is 5.75 Å². The van der Waals surface area contributed by atoms with Crippen LogP contribution >= 0.6 is 22.6 Å². The van der Waals surface area contributed by atoms with Gasteiger partial charge in [0.05, 0.1) is 0 Å². The molecule has 0 atom stereocenters. The average molecular weight is 458 g/mol. The molecule has 0 aromatic heterocycles. The van der Waals surface area contributed by atoms with Crippen molar-refractivity contribution in [2.24, 2.45) is 0 Å². The first-order valence-corrected chi connectivity index (χ1v) is 9.39. The molecular weight excluding hydrogens is 439 g/mol. The van der Waals surface area contributed by atoms with Gasteiger partial charge < -0.3 is 9.47 Å². The summed E-state index contributed by atoms with van der Waals surface area (Å²) in [6.45, 7) is 2.62. The van der Waals surface area contributed by atoms with E-state index in [4.69, 9.17) is 9.47 Å². The van der Waals surface area contributed by atoms with Gasteiger partial charge in [0.1, 0.15) is 24.5 Å². The third kappa shape index (κ3) is 4.85. The fourth-order valence-corrected chi connectivity index (χ4v) is 3.53. The molecule has 0 aliphatic rings. The first kappa shape index (κ1) is 18.5. The van der Waals surface area contributed by atoms with Crippen molar-refractivity contribution < 1.29 is 14.3 Å². The second-order valence-corrected chi connectivity index (χ2v) is 7.12. The molecule has 132 valence electrons. The molecule has 3 aromatic rings. The van der Waals surface area contributed by atoms with Gasteiger partial charge in [-0.1, -0.05) is 60.7 Å². The van der Waals surface area contributed by atoms with Crippen molar-refractivity contribution in [1.29, 1.82) is 0 Å². The molecule has 0 spiro atoms. The van der Waals surface area contributed by atoms with Crippen LogP contribution in [-0.4, -0.2) is 5.97 Å². The molecule has 3 rings (SSSR count). The van der Waals surface area contributed by atoms with Crippen LogP contribution in [0.4, 0.5) is 0 Å². The molecule has 0 unspecified atom stereocenters. The second-order valence-electron chi connectivity index (χ2n) is 5.96. The maximum Gasteiger partial charge on any atom is 0.343 e. The number of hydrogen-bond acceptors (Lipinski definition) is 3. The summed E-state index contributed by atoms with van der Waals surface area (Å²) in [6.07, 6.45) is 0. The first-order chi connectivity index (χ1) is 12.6. The Bertz CT molecular complexity index is 877. The molecule has 0 aliphatic carbocycles. The molecule has 26 heavy (non-hydrogen) atoms. The monoisotopic (exact) mass is 458 g/mol. The number of halogens is 1. The van der Waals surface area contributed by atoms with E-state index in [1.165, 1.54) is 0 Å². The zero-order valence-corrected chi connectivity index (χ0v) is 16.6. The summed E-state index contributed by atoms with van der Waals surface area (Å²) in [5.74, 6) is 0.178. The summed E-state index contributed by atoms with van der Waals surface area (Å²) in [5, 5.41) is 0. The molecule has 4 heteroatoms. The topological polar surface area (TPSA) is 35.5 Å². The number of carbonyl (C=O) groups excluding carboxylic acids is 1. The molecule has 0 saturated heterocycles. The number of aryl methyl sites for hydroxylation is 1. The van der Waals surface area contributed by atoms with Gasteiger partial charge >= 0.3 is 5.97 Å². The molecule has 0 radical (unpaired) electrons. The molecular formula is C22H19IO3. The lowest BCUT2D eigenvalue weighted by Crippen LogP contribution is -2.11. The first-order valence-electron chi connectivity index (χ1n) is 8.31. The normalized spacial score (nSPS) is 10.4. The molecule has 0 fully saturated rings. The Morgan fingerprint density at radius 3 is 2.08 bits per heavy atom. The highest BCUT2D eigenvalue weighted by Crippen LogP contribution is 2.28. The van der Waals surface area contributed by atoms with Crippen LogP contribution < -0.4 is 4.74 Å². The maximum absolute atomic E-state index is 12.7. The van der Waals surface area contributed by atoms with Gasteiger partial charge in [-0.2, -0.15) is 0 Å². The Morgan fingerprint density at radius 2 is 1.46 bits per heavy atom. The Kier molecular flexibility index (Phi) is 6.28. The van der Waals surface area contributed by atoms with Crippen LogP contribution in [0.1, 0.15) is 27.0 Å². The molecule has 3 nitrogen and oxygen atoms in total.